The summed E-state index contributed by atoms with van der Waals surface area (Å²) in [6.45, 7) is 0. The van der Waals surface area contributed by atoms with E-state index in [1.54, 1.807) is 6.07 Å². The molecule has 0 nitrogen and oxygen atoms in total. The molecule has 0 radical (unpaired) electrons. The van der Waals surface area contributed by atoms with Gasteiger partial charge in [0.2, 0.25) is 0 Å². The van der Waals surface area contributed by atoms with Gasteiger partial charge in [0.15, 0.2) is 11.6 Å². The minimum absolute atomic E-state index is 0.379. The van der Waals surface area contributed by atoms with Crippen molar-refractivity contribution in [2.45, 2.75) is 0 Å². The van der Waals surface area contributed by atoms with Crippen LogP contribution in [-0.2, 0) is 0 Å². The molecule has 0 saturated heterocycles. The van der Waals surface area contributed by atoms with E-state index in [0.29, 0.717) is 16.5 Å². The van der Waals surface area contributed by atoms with Crippen LogP contribution >= 0.6 is 0 Å². The van der Waals surface area contributed by atoms with Gasteiger partial charge < -0.3 is 0 Å². The van der Waals surface area contributed by atoms with Crippen LogP contribution < -0.4 is 0 Å². The van der Waals surface area contributed by atoms with E-state index >= 15 is 0 Å². The van der Waals surface area contributed by atoms with Gasteiger partial charge in [-0.05, 0) is 68.1 Å². The molecule has 0 atom stereocenters. The smallest absolute Gasteiger partial charge is 0.159 e. The summed E-state index contributed by atoms with van der Waals surface area (Å²) in [6.07, 6.45) is 0. The van der Waals surface area contributed by atoms with Crippen LogP contribution in [0.1, 0.15) is 0 Å². The van der Waals surface area contributed by atoms with Gasteiger partial charge in [0.05, 0.1) is 0 Å². The van der Waals surface area contributed by atoms with Crippen molar-refractivity contribution >= 4 is 21.5 Å². The van der Waals surface area contributed by atoms with Crippen LogP contribution in [0.3, 0.4) is 0 Å². The van der Waals surface area contributed by atoms with Crippen molar-refractivity contribution < 1.29 is 13.2 Å². The van der Waals surface area contributed by atoms with Gasteiger partial charge >= 0.3 is 0 Å². The Bertz CT molecular complexity index is 1370. The SMILES string of the molecule is Fc1ccc2c(-c3ccccc3)c3ccccc3c(-c3ccc(F)c(F)c3)c2c1. The molecule has 0 spiro atoms. The van der Waals surface area contributed by atoms with Gasteiger partial charge in [-0.1, -0.05) is 66.7 Å². The molecule has 0 aromatic heterocycles. The quantitative estimate of drug-likeness (QED) is 0.273. The molecule has 5 aromatic carbocycles. The molecule has 3 heteroatoms. The average Bonchev–Trinajstić information content (AvgIpc) is 2.74. The number of hydrogen-bond donors (Lipinski definition) is 0. The van der Waals surface area contributed by atoms with Crippen LogP contribution in [-0.4, -0.2) is 0 Å². The van der Waals surface area contributed by atoms with E-state index in [1.807, 2.05) is 54.6 Å². The predicted molar refractivity (Wildman–Crippen MR) is 112 cm³/mol. The Labute approximate surface area is 165 Å². The van der Waals surface area contributed by atoms with Crippen LogP contribution in [0.4, 0.5) is 13.2 Å². The molecule has 29 heavy (non-hydrogen) atoms. The fraction of sp³-hybridized carbons (Fsp3) is 0. The number of fused-ring (bicyclic) bond motifs is 2. The highest BCUT2D eigenvalue weighted by Crippen LogP contribution is 2.43. The summed E-state index contributed by atoms with van der Waals surface area (Å²) in [6, 6.07) is 26.1. The molecule has 0 aliphatic rings. The van der Waals surface area contributed by atoms with Crippen LogP contribution in [0.5, 0.6) is 0 Å². The topological polar surface area (TPSA) is 0 Å². The van der Waals surface area contributed by atoms with Gasteiger partial charge in [0.25, 0.3) is 0 Å². The second kappa shape index (κ2) is 6.78. The second-order valence-corrected chi connectivity index (χ2v) is 6.98. The first-order valence-corrected chi connectivity index (χ1v) is 9.28. The molecule has 0 unspecified atom stereocenters. The van der Waals surface area contributed by atoms with Gasteiger partial charge in [-0.2, -0.15) is 0 Å². The highest BCUT2D eigenvalue weighted by atomic mass is 19.2. The Morgan fingerprint density at radius 3 is 1.72 bits per heavy atom. The van der Waals surface area contributed by atoms with Crippen molar-refractivity contribution in [2.75, 3.05) is 0 Å². The third kappa shape index (κ3) is 2.87. The summed E-state index contributed by atoms with van der Waals surface area (Å²) in [4.78, 5) is 0. The number of halogens is 3. The molecule has 0 N–H and O–H groups in total. The lowest BCUT2D eigenvalue weighted by Crippen LogP contribution is -1.93. The van der Waals surface area contributed by atoms with Crippen LogP contribution in [0, 0.1) is 17.5 Å². The molecule has 140 valence electrons. The first-order chi connectivity index (χ1) is 14.1. The molecular formula is C26H15F3. The molecule has 0 amide bonds. The van der Waals surface area contributed by atoms with E-state index in [2.05, 4.69) is 0 Å². The molecule has 0 aliphatic heterocycles. The Morgan fingerprint density at radius 2 is 1.03 bits per heavy atom. The molecule has 0 fully saturated rings. The van der Waals surface area contributed by atoms with Gasteiger partial charge in [-0.25, -0.2) is 13.2 Å². The molecule has 5 aromatic rings. The van der Waals surface area contributed by atoms with Gasteiger partial charge in [-0.3, -0.25) is 0 Å². The highest BCUT2D eigenvalue weighted by Gasteiger charge is 2.17. The van der Waals surface area contributed by atoms with E-state index in [9.17, 15) is 13.2 Å². The summed E-state index contributed by atoms with van der Waals surface area (Å²) in [5.74, 6) is -2.21. The predicted octanol–water partition coefficient (Wildman–Crippen LogP) is 7.74. The molecule has 5 rings (SSSR count). The Hall–Kier alpha value is -3.59. The maximum Gasteiger partial charge on any atom is 0.159 e. The zero-order valence-electron chi connectivity index (χ0n) is 15.3. The van der Waals surface area contributed by atoms with E-state index < -0.39 is 11.6 Å². The Balaban J connectivity index is 2.01. The van der Waals surface area contributed by atoms with Crippen LogP contribution in [0.15, 0.2) is 91.0 Å². The lowest BCUT2D eigenvalue weighted by atomic mass is 9.86. The van der Waals surface area contributed by atoms with Crippen molar-refractivity contribution in [2.24, 2.45) is 0 Å². The maximum absolute atomic E-state index is 14.3. The van der Waals surface area contributed by atoms with Gasteiger partial charge in [-0.15, -0.1) is 0 Å². The molecule has 0 aliphatic carbocycles. The normalized spacial score (nSPS) is 11.3. The zero-order valence-corrected chi connectivity index (χ0v) is 15.3. The van der Waals surface area contributed by atoms with Crippen molar-refractivity contribution in [3.8, 4) is 22.3 Å². The summed E-state index contributed by atoms with van der Waals surface area (Å²) >= 11 is 0. The van der Waals surface area contributed by atoms with E-state index in [1.165, 1.54) is 24.3 Å². The standard InChI is InChI=1S/C26H15F3/c27-18-11-12-21-22(15-18)26(17-10-13-23(28)24(29)14-17)20-9-5-4-8-19(20)25(21)16-6-2-1-3-7-16/h1-15H. The van der Waals surface area contributed by atoms with Crippen LogP contribution in [0.25, 0.3) is 43.8 Å². The fourth-order valence-electron chi connectivity index (χ4n) is 4.03. The molecule has 0 saturated carbocycles. The van der Waals surface area contributed by atoms with Crippen molar-refractivity contribution in [1.29, 1.82) is 0 Å². The summed E-state index contributed by atoms with van der Waals surface area (Å²) in [7, 11) is 0. The average molecular weight is 384 g/mol. The summed E-state index contributed by atoms with van der Waals surface area (Å²) in [5.41, 5.74) is 3.20. The van der Waals surface area contributed by atoms with Gasteiger partial charge in [0.1, 0.15) is 5.82 Å². The minimum atomic E-state index is -0.928. The first kappa shape index (κ1) is 17.5. The molecule has 0 bridgehead atoms. The minimum Gasteiger partial charge on any atom is -0.207 e. The largest absolute Gasteiger partial charge is 0.207 e. The highest BCUT2D eigenvalue weighted by molar-refractivity contribution is 6.21. The van der Waals surface area contributed by atoms with E-state index in [-0.39, 0.29) is 5.82 Å². The van der Waals surface area contributed by atoms with Crippen molar-refractivity contribution in [1.82, 2.24) is 0 Å². The zero-order chi connectivity index (χ0) is 20.0. The summed E-state index contributed by atoms with van der Waals surface area (Å²) in [5, 5.41) is 3.34. The third-order valence-electron chi connectivity index (χ3n) is 5.26. The second-order valence-electron chi connectivity index (χ2n) is 6.98. The number of benzene rings is 5. The lowest BCUT2D eigenvalue weighted by molar-refractivity contribution is 0.509. The summed E-state index contributed by atoms with van der Waals surface area (Å²) < 4.78 is 41.9. The van der Waals surface area contributed by atoms with E-state index in [4.69, 9.17) is 0 Å². The number of rotatable bonds is 2. The Kier molecular flexibility index (Phi) is 4.09. The van der Waals surface area contributed by atoms with Gasteiger partial charge in [0, 0.05) is 0 Å². The molecular weight excluding hydrogens is 369 g/mol. The monoisotopic (exact) mass is 384 g/mol. The lowest BCUT2D eigenvalue weighted by Gasteiger charge is -2.18. The maximum atomic E-state index is 14.3. The molecule has 0 heterocycles. The number of hydrogen-bond acceptors (Lipinski definition) is 0. The Morgan fingerprint density at radius 1 is 0.414 bits per heavy atom. The third-order valence-corrected chi connectivity index (χ3v) is 5.26. The van der Waals surface area contributed by atoms with Crippen molar-refractivity contribution in [3.63, 3.8) is 0 Å². The van der Waals surface area contributed by atoms with E-state index in [0.717, 1.165) is 33.4 Å². The first-order valence-electron chi connectivity index (χ1n) is 9.28. The van der Waals surface area contributed by atoms with Crippen LogP contribution in [0.2, 0.25) is 0 Å². The van der Waals surface area contributed by atoms with Crippen molar-refractivity contribution in [3.05, 3.63) is 108 Å². The fourth-order valence-corrected chi connectivity index (χ4v) is 4.03.